The van der Waals surface area contributed by atoms with Gasteiger partial charge in [-0.1, -0.05) is 0 Å². The first-order chi connectivity index (χ1) is 8.67. The molecule has 0 aliphatic heterocycles. The number of hydrogen-bond donors (Lipinski definition) is 1. The van der Waals surface area contributed by atoms with Gasteiger partial charge in [0.2, 0.25) is 0 Å². The van der Waals surface area contributed by atoms with E-state index in [1.54, 1.807) is 30.4 Å². The zero-order valence-corrected chi connectivity index (χ0v) is 11.8. The first-order valence-electron chi connectivity index (χ1n) is 5.55. The zero-order chi connectivity index (χ0) is 13.1. The fourth-order valence-corrected chi connectivity index (χ4v) is 2.18. The van der Waals surface area contributed by atoms with Crippen molar-refractivity contribution >= 4 is 15.9 Å². The summed E-state index contributed by atoms with van der Waals surface area (Å²) in [6.45, 7) is 2.62. The summed E-state index contributed by atoms with van der Waals surface area (Å²) < 4.78 is 7.76. The third-order valence-electron chi connectivity index (χ3n) is 2.67. The maximum absolute atomic E-state index is 10.4. The van der Waals surface area contributed by atoms with E-state index in [-0.39, 0.29) is 0 Å². The molecule has 0 fully saturated rings. The van der Waals surface area contributed by atoms with Gasteiger partial charge in [0.15, 0.2) is 5.75 Å². The van der Waals surface area contributed by atoms with E-state index in [4.69, 9.17) is 4.74 Å². The lowest BCUT2D eigenvalue weighted by Crippen LogP contribution is -2.10. The number of pyridine rings is 1. The number of aliphatic hydroxyl groups is 1. The van der Waals surface area contributed by atoms with Crippen molar-refractivity contribution < 1.29 is 9.84 Å². The number of ether oxygens (including phenoxy) is 1. The average Bonchev–Trinajstić information content (AvgIpc) is 2.80. The monoisotopic (exact) mass is 311 g/mol. The van der Waals surface area contributed by atoms with Crippen molar-refractivity contribution in [3.63, 3.8) is 0 Å². The number of rotatable bonds is 4. The van der Waals surface area contributed by atoms with Crippen molar-refractivity contribution in [1.82, 2.24) is 14.8 Å². The van der Waals surface area contributed by atoms with Gasteiger partial charge in [0.25, 0.3) is 0 Å². The van der Waals surface area contributed by atoms with Crippen LogP contribution in [0.4, 0.5) is 0 Å². The molecule has 0 spiro atoms. The predicted molar refractivity (Wildman–Crippen MR) is 70.5 cm³/mol. The minimum atomic E-state index is -0.813. The number of aromatic nitrogens is 3. The highest BCUT2D eigenvalue weighted by molar-refractivity contribution is 9.10. The lowest BCUT2D eigenvalue weighted by Gasteiger charge is -2.14. The van der Waals surface area contributed by atoms with Crippen LogP contribution < -0.4 is 4.74 Å². The second-order valence-corrected chi connectivity index (χ2v) is 4.67. The molecule has 96 valence electrons. The van der Waals surface area contributed by atoms with E-state index in [2.05, 4.69) is 26.0 Å². The molecule has 2 heterocycles. The topological polar surface area (TPSA) is 60.2 Å². The molecule has 0 bridgehead atoms. The smallest absolute Gasteiger partial charge is 0.163 e. The molecular weight excluding hydrogens is 298 g/mol. The summed E-state index contributed by atoms with van der Waals surface area (Å²) in [5.41, 5.74) is 1.33. The molecule has 1 atom stereocenters. The Morgan fingerprint density at radius 3 is 2.83 bits per heavy atom. The zero-order valence-electron chi connectivity index (χ0n) is 10.2. The minimum absolute atomic E-state index is 0.573. The maximum atomic E-state index is 10.4. The number of methoxy groups -OCH3 is 1. The second kappa shape index (κ2) is 5.49. The lowest BCUT2D eigenvalue weighted by molar-refractivity contribution is 0.202. The van der Waals surface area contributed by atoms with Crippen LogP contribution in [0.25, 0.3) is 0 Å². The Balaban J connectivity index is 2.44. The molecule has 1 unspecified atom stereocenters. The van der Waals surface area contributed by atoms with E-state index in [0.717, 1.165) is 4.47 Å². The Bertz CT molecular complexity index is 520. The van der Waals surface area contributed by atoms with Gasteiger partial charge in [-0.05, 0) is 28.9 Å². The van der Waals surface area contributed by atoms with Crippen LogP contribution in [0.2, 0.25) is 0 Å². The van der Waals surface area contributed by atoms with Crippen LogP contribution in [0.15, 0.2) is 29.1 Å². The van der Waals surface area contributed by atoms with Crippen molar-refractivity contribution in [3.05, 3.63) is 40.4 Å². The van der Waals surface area contributed by atoms with Crippen LogP contribution in [0.1, 0.15) is 24.3 Å². The molecule has 0 aliphatic carbocycles. The molecule has 18 heavy (non-hydrogen) atoms. The fraction of sp³-hybridized carbons (Fsp3) is 0.333. The fourth-order valence-electron chi connectivity index (χ4n) is 1.80. The molecule has 1 N–H and O–H groups in total. The largest absolute Gasteiger partial charge is 0.493 e. The summed E-state index contributed by atoms with van der Waals surface area (Å²) in [5.74, 6) is 0.573. The van der Waals surface area contributed by atoms with E-state index in [9.17, 15) is 5.11 Å². The molecule has 0 saturated heterocycles. The number of nitrogens with zero attached hydrogens (tertiary/aromatic N) is 3. The minimum Gasteiger partial charge on any atom is -0.493 e. The van der Waals surface area contributed by atoms with Crippen molar-refractivity contribution in [2.75, 3.05) is 7.11 Å². The quantitative estimate of drug-likeness (QED) is 0.940. The molecular formula is C12H14BrN3O2. The summed E-state index contributed by atoms with van der Waals surface area (Å²) in [4.78, 5) is 4.05. The second-order valence-electron chi connectivity index (χ2n) is 3.75. The molecule has 0 saturated carbocycles. The van der Waals surface area contributed by atoms with Crippen LogP contribution in [0.3, 0.4) is 0 Å². The van der Waals surface area contributed by atoms with E-state index in [1.807, 2.05) is 13.0 Å². The van der Waals surface area contributed by atoms with Gasteiger partial charge < -0.3 is 9.84 Å². The highest BCUT2D eigenvalue weighted by Crippen LogP contribution is 2.30. The summed E-state index contributed by atoms with van der Waals surface area (Å²) in [5, 5.41) is 14.6. The molecule has 5 nitrogen and oxygen atoms in total. The number of aliphatic hydroxyl groups excluding tert-OH is 1. The van der Waals surface area contributed by atoms with Crippen molar-refractivity contribution in [2.45, 2.75) is 19.6 Å². The van der Waals surface area contributed by atoms with E-state index >= 15 is 0 Å². The molecule has 2 rings (SSSR count). The Morgan fingerprint density at radius 1 is 1.44 bits per heavy atom. The Kier molecular flexibility index (Phi) is 3.98. The van der Waals surface area contributed by atoms with Crippen molar-refractivity contribution in [1.29, 1.82) is 0 Å². The SMILES string of the molecule is CCn1ncc(OC)c1C(O)c1cncc(Br)c1. The van der Waals surface area contributed by atoms with E-state index in [0.29, 0.717) is 23.6 Å². The Labute approximate surface area is 114 Å². The number of aryl methyl sites for hydroxylation is 1. The maximum Gasteiger partial charge on any atom is 0.163 e. The van der Waals surface area contributed by atoms with E-state index in [1.165, 1.54) is 0 Å². The van der Waals surface area contributed by atoms with Crippen LogP contribution >= 0.6 is 15.9 Å². The molecule has 2 aromatic heterocycles. The first-order valence-corrected chi connectivity index (χ1v) is 6.34. The molecule has 0 amide bonds. The molecule has 2 aromatic rings. The standard InChI is InChI=1S/C12H14BrN3O2/c1-3-16-11(10(18-2)7-15-16)12(17)8-4-9(13)6-14-5-8/h4-7,12,17H,3H2,1-2H3. The van der Waals surface area contributed by atoms with Gasteiger partial charge in [-0.3, -0.25) is 9.67 Å². The summed E-state index contributed by atoms with van der Waals surface area (Å²) in [6, 6.07) is 1.82. The van der Waals surface area contributed by atoms with Gasteiger partial charge in [-0.2, -0.15) is 5.10 Å². The van der Waals surface area contributed by atoms with Crippen molar-refractivity contribution in [3.8, 4) is 5.75 Å². The van der Waals surface area contributed by atoms with Crippen molar-refractivity contribution in [2.24, 2.45) is 0 Å². The summed E-state index contributed by atoms with van der Waals surface area (Å²) in [7, 11) is 1.56. The van der Waals surface area contributed by atoms with Gasteiger partial charge >= 0.3 is 0 Å². The molecule has 6 heteroatoms. The van der Waals surface area contributed by atoms with Crippen LogP contribution in [0.5, 0.6) is 5.75 Å². The van der Waals surface area contributed by atoms with Gasteiger partial charge in [0.05, 0.1) is 13.3 Å². The Morgan fingerprint density at radius 2 is 2.22 bits per heavy atom. The molecule has 0 radical (unpaired) electrons. The normalized spacial score (nSPS) is 12.4. The first kappa shape index (κ1) is 13.0. The molecule has 0 aromatic carbocycles. The van der Waals surface area contributed by atoms with E-state index < -0.39 is 6.10 Å². The predicted octanol–water partition coefficient (Wildman–Crippen LogP) is 2.15. The summed E-state index contributed by atoms with van der Waals surface area (Å²) in [6.07, 6.45) is 4.09. The van der Waals surface area contributed by atoms with Crippen LogP contribution in [-0.2, 0) is 6.54 Å². The molecule has 0 aliphatic rings. The summed E-state index contributed by atoms with van der Waals surface area (Å²) >= 11 is 3.34. The highest BCUT2D eigenvalue weighted by atomic mass is 79.9. The Hall–Kier alpha value is -1.40. The highest BCUT2D eigenvalue weighted by Gasteiger charge is 2.21. The lowest BCUT2D eigenvalue weighted by atomic mass is 10.1. The average molecular weight is 312 g/mol. The van der Waals surface area contributed by atoms with Crippen LogP contribution in [-0.4, -0.2) is 27.0 Å². The van der Waals surface area contributed by atoms with Crippen LogP contribution in [0, 0.1) is 0 Å². The van der Waals surface area contributed by atoms with Gasteiger partial charge in [-0.15, -0.1) is 0 Å². The number of hydrogen-bond acceptors (Lipinski definition) is 4. The third kappa shape index (κ3) is 2.39. The third-order valence-corrected chi connectivity index (χ3v) is 3.10. The van der Waals surface area contributed by atoms with Gasteiger partial charge in [0, 0.05) is 29.0 Å². The number of halogens is 1. The van der Waals surface area contributed by atoms with Gasteiger partial charge in [-0.25, -0.2) is 0 Å². The van der Waals surface area contributed by atoms with Gasteiger partial charge in [0.1, 0.15) is 11.8 Å².